The number of carbonyl (C=O) groups excluding carboxylic acids is 1. The Morgan fingerprint density at radius 3 is 2.65 bits per heavy atom. The Kier molecular flexibility index (Phi) is 5.97. The van der Waals surface area contributed by atoms with E-state index in [2.05, 4.69) is 5.32 Å². The fourth-order valence-electron chi connectivity index (χ4n) is 1.65. The lowest BCUT2D eigenvalue weighted by Gasteiger charge is -2.15. The summed E-state index contributed by atoms with van der Waals surface area (Å²) in [4.78, 5) is 11.6. The van der Waals surface area contributed by atoms with Gasteiger partial charge in [-0.2, -0.15) is 13.2 Å². The molecular formula is C13H17F3N2O2. The molecule has 0 unspecified atom stereocenters. The normalized spacial score (nSPS) is 11.4. The Morgan fingerprint density at radius 1 is 1.40 bits per heavy atom. The summed E-state index contributed by atoms with van der Waals surface area (Å²) in [7, 11) is 1.49. The summed E-state index contributed by atoms with van der Waals surface area (Å²) >= 11 is 0. The standard InChI is InChI=1S/C13H17F3N2O2/c1-20-6-2-3-12(19)18-11-5-4-9(8-17)7-10(11)13(14,15)16/h4-5,7H,2-3,6,8,17H2,1H3,(H,18,19). The van der Waals surface area contributed by atoms with Crippen LogP contribution in [0.15, 0.2) is 18.2 Å². The summed E-state index contributed by atoms with van der Waals surface area (Å²) in [6.07, 6.45) is -3.99. The van der Waals surface area contributed by atoms with Crippen LogP contribution in [0.2, 0.25) is 0 Å². The summed E-state index contributed by atoms with van der Waals surface area (Å²) in [5.74, 6) is -0.479. The molecule has 0 saturated heterocycles. The average Bonchev–Trinajstić information content (AvgIpc) is 2.38. The lowest BCUT2D eigenvalue weighted by molar-refractivity contribution is -0.137. The van der Waals surface area contributed by atoms with Crippen LogP contribution in [0.25, 0.3) is 0 Å². The fourth-order valence-corrected chi connectivity index (χ4v) is 1.65. The molecule has 4 nitrogen and oxygen atoms in total. The third-order valence-electron chi connectivity index (χ3n) is 2.65. The SMILES string of the molecule is COCCCC(=O)Nc1ccc(CN)cc1C(F)(F)F. The van der Waals surface area contributed by atoms with E-state index in [0.29, 0.717) is 18.6 Å². The number of nitrogens with one attached hydrogen (secondary N) is 1. The van der Waals surface area contributed by atoms with Crippen molar-refractivity contribution in [1.29, 1.82) is 0 Å². The second kappa shape index (κ2) is 7.25. The molecule has 0 spiro atoms. The number of hydrogen-bond acceptors (Lipinski definition) is 3. The molecule has 0 fully saturated rings. The average molecular weight is 290 g/mol. The minimum atomic E-state index is -4.54. The van der Waals surface area contributed by atoms with Gasteiger partial charge >= 0.3 is 6.18 Å². The number of amides is 1. The van der Waals surface area contributed by atoms with E-state index >= 15 is 0 Å². The number of benzene rings is 1. The highest BCUT2D eigenvalue weighted by molar-refractivity contribution is 5.91. The predicted octanol–water partition coefficient (Wildman–Crippen LogP) is 2.53. The van der Waals surface area contributed by atoms with Gasteiger partial charge in [-0.1, -0.05) is 6.07 Å². The van der Waals surface area contributed by atoms with Crippen LogP contribution in [0, 0.1) is 0 Å². The Morgan fingerprint density at radius 2 is 2.10 bits per heavy atom. The summed E-state index contributed by atoms with van der Waals surface area (Å²) in [6.45, 7) is 0.386. The number of halogens is 3. The topological polar surface area (TPSA) is 64.3 Å². The van der Waals surface area contributed by atoms with Gasteiger partial charge in [-0.15, -0.1) is 0 Å². The molecule has 0 aliphatic carbocycles. The zero-order valence-corrected chi connectivity index (χ0v) is 11.1. The monoisotopic (exact) mass is 290 g/mol. The van der Waals surface area contributed by atoms with E-state index in [9.17, 15) is 18.0 Å². The minimum Gasteiger partial charge on any atom is -0.385 e. The molecule has 1 amide bonds. The second-order valence-electron chi connectivity index (χ2n) is 4.23. The van der Waals surface area contributed by atoms with Crippen LogP contribution >= 0.6 is 0 Å². The Labute approximate surface area is 115 Å². The molecule has 7 heteroatoms. The number of rotatable bonds is 6. The molecule has 0 heterocycles. The van der Waals surface area contributed by atoms with Crippen LogP contribution in [-0.4, -0.2) is 19.6 Å². The van der Waals surface area contributed by atoms with Crippen LogP contribution in [0.1, 0.15) is 24.0 Å². The molecular weight excluding hydrogens is 273 g/mol. The number of anilines is 1. The van der Waals surface area contributed by atoms with Crippen molar-refractivity contribution < 1.29 is 22.7 Å². The van der Waals surface area contributed by atoms with Crippen molar-refractivity contribution in [2.75, 3.05) is 19.0 Å². The van der Waals surface area contributed by atoms with Gasteiger partial charge in [-0.3, -0.25) is 4.79 Å². The third kappa shape index (κ3) is 4.82. The summed E-state index contributed by atoms with van der Waals surface area (Å²) < 4.78 is 43.5. The molecule has 0 aliphatic heterocycles. The largest absolute Gasteiger partial charge is 0.418 e. The van der Waals surface area contributed by atoms with E-state index in [-0.39, 0.29) is 18.7 Å². The molecule has 20 heavy (non-hydrogen) atoms. The summed E-state index contributed by atoms with van der Waals surface area (Å²) in [5.41, 5.74) is 4.54. The van der Waals surface area contributed by atoms with E-state index in [4.69, 9.17) is 10.5 Å². The Hall–Kier alpha value is -1.60. The number of alkyl halides is 3. The van der Waals surface area contributed by atoms with Crippen molar-refractivity contribution in [2.45, 2.75) is 25.6 Å². The molecule has 112 valence electrons. The van der Waals surface area contributed by atoms with Gasteiger partial charge in [0, 0.05) is 26.7 Å². The molecule has 1 rings (SSSR count). The van der Waals surface area contributed by atoms with Crippen LogP contribution in [0.3, 0.4) is 0 Å². The molecule has 0 bridgehead atoms. The summed E-state index contributed by atoms with van der Waals surface area (Å²) in [6, 6.07) is 3.63. The van der Waals surface area contributed by atoms with Gasteiger partial charge in [0.1, 0.15) is 0 Å². The number of carbonyl (C=O) groups is 1. The first kappa shape index (κ1) is 16.5. The van der Waals surface area contributed by atoms with Crippen LogP contribution in [0.5, 0.6) is 0 Å². The van der Waals surface area contributed by atoms with Crippen LogP contribution in [0.4, 0.5) is 18.9 Å². The smallest absolute Gasteiger partial charge is 0.385 e. The van der Waals surface area contributed by atoms with Gasteiger partial charge in [0.15, 0.2) is 0 Å². The molecule has 0 atom stereocenters. The third-order valence-corrected chi connectivity index (χ3v) is 2.65. The van der Waals surface area contributed by atoms with Crippen molar-refractivity contribution in [3.05, 3.63) is 29.3 Å². The highest BCUT2D eigenvalue weighted by Gasteiger charge is 2.34. The summed E-state index contributed by atoms with van der Waals surface area (Å²) in [5, 5.41) is 2.27. The maximum absolute atomic E-state index is 12.9. The molecule has 1 aromatic rings. The number of ether oxygens (including phenoxy) is 1. The van der Waals surface area contributed by atoms with Crippen LogP contribution in [-0.2, 0) is 22.3 Å². The first-order chi connectivity index (χ1) is 9.38. The number of hydrogen-bond donors (Lipinski definition) is 2. The first-order valence-electron chi connectivity index (χ1n) is 6.07. The lowest BCUT2D eigenvalue weighted by Crippen LogP contribution is -2.17. The van der Waals surface area contributed by atoms with E-state index in [1.54, 1.807) is 0 Å². The second-order valence-corrected chi connectivity index (χ2v) is 4.23. The van der Waals surface area contributed by atoms with Crippen molar-refractivity contribution in [1.82, 2.24) is 0 Å². The van der Waals surface area contributed by atoms with E-state index < -0.39 is 17.6 Å². The highest BCUT2D eigenvalue weighted by atomic mass is 19.4. The highest BCUT2D eigenvalue weighted by Crippen LogP contribution is 2.35. The molecule has 0 aromatic heterocycles. The van der Waals surface area contributed by atoms with Gasteiger partial charge in [0.25, 0.3) is 0 Å². The van der Waals surface area contributed by atoms with Crippen molar-refractivity contribution in [3.63, 3.8) is 0 Å². The predicted molar refractivity (Wildman–Crippen MR) is 69.1 cm³/mol. The molecule has 3 N–H and O–H groups in total. The first-order valence-corrected chi connectivity index (χ1v) is 6.07. The van der Waals surface area contributed by atoms with Crippen LogP contribution < -0.4 is 11.1 Å². The number of nitrogens with two attached hydrogens (primary N) is 1. The van der Waals surface area contributed by atoms with E-state index in [0.717, 1.165) is 6.07 Å². The van der Waals surface area contributed by atoms with Gasteiger partial charge in [0.05, 0.1) is 11.3 Å². The zero-order chi connectivity index (χ0) is 15.2. The molecule has 0 saturated carbocycles. The fraction of sp³-hybridized carbons (Fsp3) is 0.462. The van der Waals surface area contributed by atoms with Gasteiger partial charge in [-0.05, 0) is 24.1 Å². The lowest BCUT2D eigenvalue weighted by atomic mass is 10.1. The number of methoxy groups -OCH3 is 1. The molecule has 1 aromatic carbocycles. The van der Waals surface area contributed by atoms with Gasteiger partial charge < -0.3 is 15.8 Å². The van der Waals surface area contributed by atoms with E-state index in [1.807, 2.05) is 0 Å². The van der Waals surface area contributed by atoms with Crippen molar-refractivity contribution in [3.8, 4) is 0 Å². The minimum absolute atomic E-state index is 0.00510. The molecule has 0 aliphatic rings. The Balaban J connectivity index is 2.86. The maximum Gasteiger partial charge on any atom is 0.418 e. The molecule has 0 radical (unpaired) electrons. The van der Waals surface area contributed by atoms with Gasteiger partial charge in [-0.25, -0.2) is 0 Å². The quantitative estimate of drug-likeness (QED) is 0.791. The Bertz CT molecular complexity index is 461. The zero-order valence-electron chi connectivity index (χ0n) is 11.1. The van der Waals surface area contributed by atoms with Gasteiger partial charge in [0.2, 0.25) is 5.91 Å². The van der Waals surface area contributed by atoms with Crippen molar-refractivity contribution >= 4 is 11.6 Å². The van der Waals surface area contributed by atoms with E-state index in [1.165, 1.54) is 19.2 Å². The maximum atomic E-state index is 12.9. The van der Waals surface area contributed by atoms with Crippen molar-refractivity contribution in [2.24, 2.45) is 5.73 Å².